The molecule has 40 heavy (non-hydrogen) atoms. The average molecular weight is 565 g/mol. The predicted octanol–water partition coefficient (Wildman–Crippen LogP) is 6.73. The Bertz CT molecular complexity index is 1060. The van der Waals surface area contributed by atoms with Gasteiger partial charge in [-0.05, 0) is 37.5 Å². The standard InChI is InChI=1S/2C15H22O5/c1-2-3-4-5-6-7-8-20-15(19)11-9-12(16)14(18)13(17)10-11;1-2-3-4-5-6-7-8-10-11(15(19)20)9-12(16)14(18)13(10)17/h9-10,16-18H,2-8H2,1H3;9,16-18H,2-8H2,1H3,(H,19,20). The van der Waals surface area contributed by atoms with Crippen molar-refractivity contribution < 1.29 is 50.1 Å². The molecule has 0 heterocycles. The van der Waals surface area contributed by atoms with Crippen LogP contribution >= 0.6 is 0 Å². The molecule has 2 aromatic carbocycles. The number of phenols is 6. The fraction of sp³-hybridized carbons (Fsp3) is 0.533. The molecule has 0 radical (unpaired) electrons. The molecule has 0 spiro atoms. The Labute approximate surface area is 235 Å². The molecule has 224 valence electrons. The molecule has 0 aliphatic carbocycles. The maximum atomic E-state index is 11.7. The van der Waals surface area contributed by atoms with Crippen LogP contribution in [0.1, 0.15) is 117 Å². The van der Waals surface area contributed by atoms with Crippen LogP contribution in [-0.2, 0) is 11.2 Å². The Hall–Kier alpha value is -3.82. The Morgan fingerprint density at radius 3 is 1.62 bits per heavy atom. The van der Waals surface area contributed by atoms with Crippen LogP contribution < -0.4 is 0 Å². The summed E-state index contributed by atoms with van der Waals surface area (Å²) < 4.78 is 5.04. The third kappa shape index (κ3) is 11.5. The molecule has 0 saturated carbocycles. The van der Waals surface area contributed by atoms with Crippen LogP contribution in [0.25, 0.3) is 0 Å². The Kier molecular flexibility index (Phi) is 15.8. The molecule has 10 nitrogen and oxygen atoms in total. The van der Waals surface area contributed by atoms with E-state index in [9.17, 15) is 40.2 Å². The summed E-state index contributed by atoms with van der Waals surface area (Å²) in [7, 11) is 0. The normalized spacial score (nSPS) is 10.6. The predicted molar refractivity (Wildman–Crippen MR) is 151 cm³/mol. The molecule has 10 heteroatoms. The summed E-state index contributed by atoms with van der Waals surface area (Å²) in [6, 6.07) is 3.11. The molecule has 0 aliphatic heterocycles. The van der Waals surface area contributed by atoms with Crippen LogP contribution in [0.4, 0.5) is 0 Å². The first-order valence-corrected chi connectivity index (χ1v) is 14.0. The van der Waals surface area contributed by atoms with Gasteiger partial charge in [-0.1, -0.05) is 78.1 Å². The third-order valence-electron chi connectivity index (χ3n) is 6.41. The number of ether oxygens (including phenoxy) is 1. The van der Waals surface area contributed by atoms with Crippen LogP contribution in [0.2, 0.25) is 0 Å². The second-order valence-electron chi connectivity index (χ2n) is 9.71. The van der Waals surface area contributed by atoms with Gasteiger partial charge in [0.25, 0.3) is 0 Å². The molecular weight excluding hydrogens is 520 g/mol. The van der Waals surface area contributed by atoms with Gasteiger partial charge in [-0.2, -0.15) is 0 Å². The number of phenolic OH excluding ortho intramolecular Hbond substituents is 6. The van der Waals surface area contributed by atoms with Crippen molar-refractivity contribution in [2.45, 2.75) is 97.3 Å². The van der Waals surface area contributed by atoms with Gasteiger partial charge in [0.05, 0.1) is 17.7 Å². The Balaban J connectivity index is 0.000000400. The van der Waals surface area contributed by atoms with Crippen molar-refractivity contribution in [2.75, 3.05) is 6.61 Å². The van der Waals surface area contributed by atoms with Crippen LogP contribution in [-0.4, -0.2) is 54.3 Å². The fourth-order valence-corrected chi connectivity index (χ4v) is 4.06. The zero-order valence-electron chi connectivity index (χ0n) is 23.5. The number of benzene rings is 2. The van der Waals surface area contributed by atoms with E-state index in [2.05, 4.69) is 13.8 Å². The lowest BCUT2D eigenvalue weighted by molar-refractivity contribution is 0.0496. The number of unbranched alkanes of at least 4 members (excludes halogenated alkanes) is 10. The van der Waals surface area contributed by atoms with Gasteiger partial charge in [-0.15, -0.1) is 0 Å². The van der Waals surface area contributed by atoms with E-state index in [-0.39, 0.29) is 16.7 Å². The van der Waals surface area contributed by atoms with Crippen LogP contribution in [0.3, 0.4) is 0 Å². The van der Waals surface area contributed by atoms with Crippen LogP contribution in [0.15, 0.2) is 18.2 Å². The fourth-order valence-electron chi connectivity index (χ4n) is 4.06. The number of carboxylic acids is 1. The number of rotatable bonds is 16. The molecule has 0 unspecified atom stereocenters. The van der Waals surface area contributed by atoms with Gasteiger partial charge in [0.1, 0.15) is 0 Å². The highest BCUT2D eigenvalue weighted by Gasteiger charge is 2.20. The number of hydrogen-bond acceptors (Lipinski definition) is 9. The quantitative estimate of drug-likeness (QED) is 0.0655. The SMILES string of the molecule is CCCCCCCCOC(=O)c1cc(O)c(O)c(O)c1.CCCCCCCCc1c(C(=O)O)cc(O)c(O)c1O. The Morgan fingerprint density at radius 1 is 0.625 bits per heavy atom. The highest BCUT2D eigenvalue weighted by Crippen LogP contribution is 2.40. The van der Waals surface area contributed by atoms with Gasteiger partial charge in [0, 0.05) is 5.56 Å². The molecular formula is C30H44O10. The van der Waals surface area contributed by atoms with Crippen molar-refractivity contribution in [3.8, 4) is 34.5 Å². The monoisotopic (exact) mass is 564 g/mol. The minimum absolute atomic E-state index is 0.0174. The minimum Gasteiger partial charge on any atom is -0.504 e. The lowest BCUT2D eigenvalue weighted by Gasteiger charge is -2.11. The third-order valence-corrected chi connectivity index (χ3v) is 6.41. The van der Waals surface area contributed by atoms with Crippen molar-refractivity contribution in [2.24, 2.45) is 0 Å². The number of carbonyl (C=O) groups excluding carboxylic acids is 1. The second-order valence-corrected chi connectivity index (χ2v) is 9.71. The summed E-state index contributed by atoms with van der Waals surface area (Å²) >= 11 is 0. The molecule has 0 aromatic heterocycles. The molecule has 0 bridgehead atoms. The van der Waals surface area contributed by atoms with E-state index in [1.165, 1.54) is 25.7 Å². The van der Waals surface area contributed by atoms with Gasteiger partial charge in [-0.3, -0.25) is 0 Å². The highest BCUT2D eigenvalue weighted by molar-refractivity contribution is 5.92. The average Bonchev–Trinajstić information content (AvgIpc) is 2.92. The van der Waals surface area contributed by atoms with Crippen molar-refractivity contribution >= 4 is 11.9 Å². The first kappa shape index (κ1) is 34.2. The van der Waals surface area contributed by atoms with Gasteiger partial charge in [0.15, 0.2) is 28.7 Å². The van der Waals surface area contributed by atoms with Gasteiger partial charge < -0.3 is 40.5 Å². The molecule has 0 atom stereocenters. The first-order chi connectivity index (χ1) is 19.0. The lowest BCUT2D eigenvalue weighted by atomic mass is 9.98. The van der Waals surface area contributed by atoms with E-state index >= 15 is 0 Å². The summed E-state index contributed by atoms with van der Waals surface area (Å²) in [4.78, 5) is 22.8. The van der Waals surface area contributed by atoms with Crippen molar-refractivity contribution in [1.82, 2.24) is 0 Å². The van der Waals surface area contributed by atoms with Gasteiger partial charge in [0.2, 0.25) is 5.75 Å². The topological polar surface area (TPSA) is 185 Å². The number of esters is 1. The molecule has 2 rings (SSSR count). The summed E-state index contributed by atoms with van der Waals surface area (Å²) in [6.45, 7) is 4.61. The number of carbonyl (C=O) groups is 2. The number of hydrogen-bond donors (Lipinski definition) is 7. The Morgan fingerprint density at radius 2 is 1.10 bits per heavy atom. The molecule has 2 aromatic rings. The summed E-state index contributed by atoms with van der Waals surface area (Å²) in [6.07, 6.45) is 13.2. The summed E-state index contributed by atoms with van der Waals surface area (Å²) in [5.41, 5.74) is 0.0402. The second kappa shape index (κ2) is 18.5. The number of carboxylic acid groups (broad SMARTS) is 1. The smallest absolute Gasteiger partial charge is 0.338 e. The van der Waals surface area contributed by atoms with E-state index in [1.54, 1.807) is 0 Å². The van der Waals surface area contributed by atoms with E-state index in [4.69, 9.17) is 9.84 Å². The lowest BCUT2D eigenvalue weighted by Crippen LogP contribution is -2.06. The molecule has 0 amide bonds. The highest BCUT2D eigenvalue weighted by atomic mass is 16.5. The maximum Gasteiger partial charge on any atom is 0.338 e. The number of aromatic hydroxyl groups is 6. The van der Waals surface area contributed by atoms with Crippen LogP contribution in [0, 0.1) is 0 Å². The van der Waals surface area contributed by atoms with E-state index in [0.717, 1.165) is 69.6 Å². The van der Waals surface area contributed by atoms with E-state index in [0.29, 0.717) is 13.0 Å². The molecule has 0 fully saturated rings. The van der Waals surface area contributed by atoms with E-state index in [1.807, 2.05) is 0 Å². The maximum absolute atomic E-state index is 11.7. The van der Waals surface area contributed by atoms with Crippen molar-refractivity contribution in [1.29, 1.82) is 0 Å². The van der Waals surface area contributed by atoms with Gasteiger partial charge >= 0.3 is 11.9 Å². The van der Waals surface area contributed by atoms with E-state index < -0.39 is 46.4 Å². The molecule has 0 aliphatic rings. The van der Waals surface area contributed by atoms with Crippen molar-refractivity contribution in [3.63, 3.8) is 0 Å². The van der Waals surface area contributed by atoms with Crippen molar-refractivity contribution in [3.05, 3.63) is 34.9 Å². The first-order valence-electron chi connectivity index (χ1n) is 14.0. The summed E-state index contributed by atoms with van der Waals surface area (Å²) in [5, 5.41) is 65.5. The van der Waals surface area contributed by atoms with Crippen LogP contribution in [0.5, 0.6) is 34.5 Å². The zero-order valence-corrected chi connectivity index (χ0v) is 23.5. The molecule has 0 saturated heterocycles. The minimum atomic E-state index is -1.23. The molecule has 7 N–H and O–H groups in total. The zero-order chi connectivity index (χ0) is 30.1. The largest absolute Gasteiger partial charge is 0.504 e. The summed E-state index contributed by atoms with van der Waals surface area (Å²) in [5.74, 6) is -5.38. The van der Waals surface area contributed by atoms with Gasteiger partial charge in [-0.25, -0.2) is 9.59 Å². The number of aromatic carboxylic acids is 1.